The minimum atomic E-state index is -2.46. The molecular weight excluding hydrogens is 546 g/mol. The quantitative estimate of drug-likeness (QED) is 0.319. The SMILES string of the molecule is N#CC1(NC(=O)[C@@H]2CCCC[C@H]2c2nc(-c3cnc(N)nc3)sc2-c2ccc(N3CCS(O)(O)CC3)cc2)CC1. The van der Waals surface area contributed by atoms with Gasteiger partial charge in [-0.25, -0.2) is 15.0 Å². The van der Waals surface area contributed by atoms with E-state index < -0.39 is 16.1 Å². The number of amides is 1. The molecule has 1 amide bonds. The van der Waals surface area contributed by atoms with Crippen LogP contribution in [-0.4, -0.2) is 60.1 Å². The van der Waals surface area contributed by atoms with E-state index >= 15 is 0 Å². The van der Waals surface area contributed by atoms with E-state index in [1.807, 2.05) is 0 Å². The number of nitrogens with one attached hydrogen (secondary N) is 1. The molecule has 2 aromatic heterocycles. The van der Waals surface area contributed by atoms with Gasteiger partial charge in [0.1, 0.15) is 10.5 Å². The van der Waals surface area contributed by atoms with Crippen molar-refractivity contribution in [2.75, 3.05) is 35.2 Å². The molecular formula is C28H33N7O3S2. The Morgan fingerprint density at radius 2 is 1.77 bits per heavy atom. The Bertz CT molecular complexity index is 1420. The second-order valence-electron chi connectivity index (χ2n) is 11.0. The summed E-state index contributed by atoms with van der Waals surface area (Å²) in [6, 6.07) is 10.6. The molecule has 5 N–H and O–H groups in total. The van der Waals surface area contributed by atoms with Crippen molar-refractivity contribution in [3.05, 3.63) is 42.4 Å². The topological polar surface area (TPSA) is 161 Å². The number of nitrogens with two attached hydrogens (primary N) is 1. The molecule has 12 heteroatoms. The van der Waals surface area contributed by atoms with Gasteiger partial charge in [0.2, 0.25) is 11.9 Å². The number of nitrogen functional groups attached to an aromatic ring is 1. The number of anilines is 2. The molecule has 2 saturated carbocycles. The fourth-order valence-electron chi connectivity index (χ4n) is 5.66. The number of aromatic nitrogens is 3. The average molecular weight is 580 g/mol. The summed E-state index contributed by atoms with van der Waals surface area (Å²) < 4.78 is 20.0. The summed E-state index contributed by atoms with van der Waals surface area (Å²) in [5.74, 6) is 0.614. The number of carbonyl (C=O) groups excluding carboxylic acids is 1. The highest BCUT2D eigenvalue weighted by atomic mass is 32.3. The highest BCUT2D eigenvalue weighted by molar-refractivity contribution is 8.24. The van der Waals surface area contributed by atoms with Gasteiger partial charge >= 0.3 is 0 Å². The minimum absolute atomic E-state index is 0.0495. The van der Waals surface area contributed by atoms with Crippen molar-refractivity contribution in [3.63, 3.8) is 0 Å². The summed E-state index contributed by atoms with van der Waals surface area (Å²) in [6.07, 6.45) is 8.37. The highest BCUT2D eigenvalue weighted by Crippen LogP contribution is 2.47. The molecule has 3 aromatic rings. The molecule has 3 fully saturated rings. The third-order valence-corrected chi connectivity index (χ3v) is 11.1. The van der Waals surface area contributed by atoms with Gasteiger partial charge in [0.05, 0.1) is 28.1 Å². The zero-order valence-corrected chi connectivity index (χ0v) is 23.8. The fourth-order valence-corrected chi connectivity index (χ4v) is 8.01. The maximum Gasteiger partial charge on any atom is 0.225 e. The van der Waals surface area contributed by atoms with E-state index in [-0.39, 0.29) is 23.7 Å². The zero-order chi connectivity index (χ0) is 27.9. The molecule has 1 aromatic carbocycles. The van der Waals surface area contributed by atoms with Gasteiger partial charge < -0.3 is 16.0 Å². The normalized spacial score (nSPS) is 24.1. The molecule has 0 radical (unpaired) electrons. The van der Waals surface area contributed by atoms with Gasteiger partial charge in [-0.2, -0.15) is 15.9 Å². The number of thiazole rings is 1. The van der Waals surface area contributed by atoms with Crippen LogP contribution >= 0.6 is 21.9 Å². The van der Waals surface area contributed by atoms with Gasteiger partial charge in [-0.05, 0) is 43.4 Å². The Labute approximate surface area is 239 Å². The summed E-state index contributed by atoms with van der Waals surface area (Å²) in [4.78, 5) is 30.0. The number of hydrogen-bond acceptors (Lipinski definition) is 10. The Kier molecular flexibility index (Phi) is 7.16. The largest absolute Gasteiger partial charge is 0.368 e. The van der Waals surface area contributed by atoms with Crippen molar-refractivity contribution < 1.29 is 13.9 Å². The predicted molar refractivity (Wildman–Crippen MR) is 158 cm³/mol. The van der Waals surface area contributed by atoms with E-state index in [2.05, 4.69) is 50.5 Å². The van der Waals surface area contributed by atoms with Crippen LogP contribution in [0.3, 0.4) is 0 Å². The lowest BCUT2D eigenvalue weighted by atomic mass is 9.76. The second-order valence-corrected chi connectivity index (χ2v) is 14.4. The molecule has 1 saturated heterocycles. The summed E-state index contributed by atoms with van der Waals surface area (Å²) in [7, 11) is -2.46. The van der Waals surface area contributed by atoms with Gasteiger partial charge in [0.25, 0.3) is 0 Å². The molecule has 1 aliphatic heterocycles. The molecule has 40 heavy (non-hydrogen) atoms. The molecule has 3 aliphatic rings. The van der Waals surface area contributed by atoms with Crippen molar-refractivity contribution in [3.8, 4) is 27.1 Å². The molecule has 0 unspecified atom stereocenters. The number of nitrogens with zero attached hydrogens (tertiary/aromatic N) is 5. The van der Waals surface area contributed by atoms with Crippen LogP contribution in [-0.2, 0) is 4.79 Å². The molecule has 10 nitrogen and oxygen atoms in total. The van der Waals surface area contributed by atoms with Gasteiger partial charge in [-0.3, -0.25) is 13.9 Å². The van der Waals surface area contributed by atoms with Crippen LogP contribution in [0.1, 0.15) is 50.1 Å². The Balaban J connectivity index is 1.34. The zero-order valence-electron chi connectivity index (χ0n) is 22.1. The number of benzene rings is 1. The second kappa shape index (κ2) is 10.6. The average Bonchev–Trinajstić information content (AvgIpc) is 3.60. The lowest BCUT2D eigenvalue weighted by Crippen LogP contribution is -2.42. The van der Waals surface area contributed by atoms with Crippen LogP contribution in [0.5, 0.6) is 0 Å². The first-order chi connectivity index (χ1) is 19.3. The number of hydrogen-bond donors (Lipinski definition) is 4. The first kappa shape index (κ1) is 27.0. The Morgan fingerprint density at radius 1 is 1.10 bits per heavy atom. The Morgan fingerprint density at radius 3 is 2.42 bits per heavy atom. The minimum Gasteiger partial charge on any atom is -0.368 e. The van der Waals surface area contributed by atoms with E-state index in [9.17, 15) is 19.2 Å². The number of rotatable bonds is 6. The van der Waals surface area contributed by atoms with Gasteiger partial charge in [0.15, 0.2) is 0 Å². The first-order valence-electron chi connectivity index (χ1n) is 13.7. The predicted octanol–water partition coefficient (Wildman–Crippen LogP) is 4.87. The van der Waals surface area contributed by atoms with E-state index in [1.54, 1.807) is 23.7 Å². The van der Waals surface area contributed by atoms with Crippen LogP contribution in [0, 0.1) is 17.2 Å². The third kappa shape index (κ3) is 5.51. The van der Waals surface area contributed by atoms with Crippen molar-refractivity contribution in [1.29, 1.82) is 5.26 Å². The lowest BCUT2D eigenvalue weighted by molar-refractivity contribution is -0.127. The van der Waals surface area contributed by atoms with E-state index in [4.69, 9.17) is 10.7 Å². The molecule has 210 valence electrons. The van der Waals surface area contributed by atoms with Gasteiger partial charge in [0, 0.05) is 48.6 Å². The molecule has 2 aliphatic carbocycles. The molecule has 2 atom stereocenters. The molecule has 0 spiro atoms. The lowest BCUT2D eigenvalue weighted by Gasteiger charge is -2.41. The van der Waals surface area contributed by atoms with Crippen molar-refractivity contribution in [1.82, 2.24) is 20.3 Å². The number of nitriles is 1. The number of carbonyl (C=O) groups is 1. The third-order valence-electron chi connectivity index (χ3n) is 8.22. The fraction of sp³-hybridized carbons (Fsp3) is 0.464. The van der Waals surface area contributed by atoms with E-state index in [0.29, 0.717) is 37.4 Å². The van der Waals surface area contributed by atoms with Crippen LogP contribution in [0.25, 0.3) is 21.0 Å². The summed E-state index contributed by atoms with van der Waals surface area (Å²) in [6.45, 7) is 1.22. The van der Waals surface area contributed by atoms with Crippen molar-refractivity contribution in [2.45, 2.75) is 50.0 Å². The molecule has 0 bridgehead atoms. The maximum absolute atomic E-state index is 13.5. The van der Waals surface area contributed by atoms with Crippen molar-refractivity contribution >= 4 is 39.5 Å². The van der Waals surface area contributed by atoms with Crippen LogP contribution in [0.15, 0.2) is 36.7 Å². The monoisotopic (exact) mass is 579 g/mol. The standard InChI is InChI=1S/C28H33N7O3S2/c29-17-28(9-10-28)34-25(36)22-4-2-1-3-21(22)23-24(39-26(33-23)19-15-31-27(30)32-16-19)18-5-7-20(8-6-18)35-11-13-40(37,38)14-12-35/h5-8,15-16,21-22,37-38H,1-4,9-14H2,(H,34,36)(H2,30,31,32)/t21-,22-/m1/s1. The van der Waals surface area contributed by atoms with Crippen LogP contribution in [0.4, 0.5) is 11.6 Å². The molecule has 6 rings (SSSR count). The van der Waals surface area contributed by atoms with Crippen molar-refractivity contribution in [2.24, 2.45) is 5.92 Å². The maximum atomic E-state index is 13.5. The molecule has 3 heterocycles. The van der Waals surface area contributed by atoms with Gasteiger partial charge in [-0.15, -0.1) is 11.3 Å². The van der Waals surface area contributed by atoms with Crippen LogP contribution < -0.4 is 16.0 Å². The van der Waals surface area contributed by atoms with E-state index in [1.165, 1.54) is 0 Å². The highest BCUT2D eigenvalue weighted by Gasteiger charge is 2.47. The van der Waals surface area contributed by atoms with Crippen LogP contribution in [0.2, 0.25) is 0 Å². The van der Waals surface area contributed by atoms with Gasteiger partial charge in [-0.1, -0.05) is 25.0 Å². The summed E-state index contributed by atoms with van der Waals surface area (Å²) >= 11 is 1.56. The smallest absolute Gasteiger partial charge is 0.225 e. The Hall–Kier alpha value is -3.24. The summed E-state index contributed by atoms with van der Waals surface area (Å²) in [5.41, 5.74) is 8.75. The first-order valence-corrected chi connectivity index (χ1v) is 16.4. The summed E-state index contributed by atoms with van der Waals surface area (Å²) in [5, 5.41) is 13.4. The van der Waals surface area contributed by atoms with E-state index in [0.717, 1.165) is 58.1 Å².